The van der Waals surface area contributed by atoms with Gasteiger partial charge in [-0.3, -0.25) is 4.79 Å². The fraction of sp³-hybridized carbons (Fsp3) is 0.214. The van der Waals surface area contributed by atoms with E-state index in [0.717, 1.165) is 15.6 Å². The van der Waals surface area contributed by atoms with Gasteiger partial charge in [0.25, 0.3) is 5.91 Å². The second-order valence-electron chi connectivity index (χ2n) is 4.11. The van der Waals surface area contributed by atoms with Crippen LogP contribution in [0.1, 0.15) is 25.7 Å². The molecule has 2 rings (SSSR count). The lowest BCUT2D eigenvalue weighted by Gasteiger charge is -2.08. The first-order valence-electron chi connectivity index (χ1n) is 5.66. The lowest BCUT2D eigenvalue weighted by Crippen LogP contribution is -2.23. The summed E-state index contributed by atoms with van der Waals surface area (Å²) in [6, 6.07) is 9.77. The third-order valence-corrected chi connectivity index (χ3v) is 4.59. The summed E-state index contributed by atoms with van der Waals surface area (Å²) in [7, 11) is 0. The van der Waals surface area contributed by atoms with Crippen LogP contribution in [0, 0.1) is 13.8 Å². The Labute approximate surface area is 119 Å². The van der Waals surface area contributed by atoms with E-state index in [1.807, 2.05) is 31.2 Å². The van der Waals surface area contributed by atoms with Crippen LogP contribution in [0.5, 0.6) is 0 Å². The molecule has 0 aliphatic heterocycles. The molecule has 1 N–H and O–H groups in total. The minimum atomic E-state index is -0.0279. The highest BCUT2D eigenvalue weighted by atomic mass is 79.9. The van der Waals surface area contributed by atoms with E-state index in [2.05, 4.69) is 34.2 Å². The molecule has 0 aliphatic rings. The van der Waals surface area contributed by atoms with Gasteiger partial charge in [0.15, 0.2) is 0 Å². The smallest absolute Gasteiger partial charge is 0.251 e. The van der Waals surface area contributed by atoms with Crippen LogP contribution >= 0.6 is 27.3 Å². The molecule has 0 spiro atoms. The molecule has 0 saturated heterocycles. The zero-order valence-electron chi connectivity index (χ0n) is 10.3. The normalized spacial score (nSPS) is 10.4. The lowest BCUT2D eigenvalue weighted by molar-refractivity contribution is 0.0950. The maximum absolute atomic E-state index is 12.1. The molecular weight excluding hydrogens is 310 g/mol. The number of thiophene rings is 1. The Kier molecular flexibility index (Phi) is 4.19. The Morgan fingerprint density at radius 1 is 1.28 bits per heavy atom. The quantitative estimate of drug-likeness (QED) is 0.906. The molecule has 94 valence electrons. The van der Waals surface area contributed by atoms with Gasteiger partial charge in [-0.15, -0.1) is 11.3 Å². The number of amides is 1. The van der Waals surface area contributed by atoms with Crippen molar-refractivity contribution in [1.82, 2.24) is 5.32 Å². The van der Waals surface area contributed by atoms with Gasteiger partial charge in [-0.05, 0) is 43.7 Å². The second-order valence-corrected chi connectivity index (χ2v) is 6.33. The van der Waals surface area contributed by atoms with Crippen molar-refractivity contribution in [3.05, 3.63) is 55.7 Å². The summed E-state index contributed by atoms with van der Waals surface area (Å²) in [5.41, 5.74) is 1.69. The second kappa shape index (κ2) is 5.67. The van der Waals surface area contributed by atoms with Crippen LogP contribution in [0.3, 0.4) is 0 Å². The zero-order chi connectivity index (χ0) is 13.1. The van der Waals surface area contributed by atoms with E-state index in [4.69, 9.17) is 0 Å². The van der Waals surface area contributed by atoms with Gasteiger partial charge in [-0.2, -0.15) is 0 Å². The summed E-state index contributed by atoms with van der Waals surface area (Å²) in [6.45, 7) is 4.59. The molecule has 18 heavy (non-hydrogen) atoms. The molecule has 0 radical (unpaired) electrons. The van der Waals surface area contributed by atoms with Gasteiger partial charge in [-0.25, -0.2) is 0 Å². The first kappa shape index (κ1) is 13.3. The number of hydrogen-bond acceptors (Lipinski definition) is 2. The fourth-order valence-electron chi connectivity index (χ4n) is 1.70. The SMILES string of the molecule is Cc1ccc(CNC(=O)c2cccc(Br)c2C)s1. The number of carbonyl (C=O) groups excluding carboxylic acids is 1. The van der Waals surface area contributed by atoms with Crippen LogP contribution in [0.2, 0.25) is 0 Å². The maximum atomic E-state index is 12.1. The summed E-state index contributed by atoms with van der Waals surface area (Å²) in [5, 5.41) is 2.95. The summed E-state index contributed by atoms with van der Waals surface area (Å²) in [4.78, 5) is 14.5. The molecule has 1 heterocycles. The predicted octanol–water partition coefficient (Wildman–Crippen LogP) is 4.06. The van der Waals surface area contributed by atoms with Crippen molar-refractivity contribution in [2.45, 2.75) is 20.4 Å². The molecule has 0 saturated carbocycles. The van der Waals surface area contributed by atoms with Gasteiger partial charge in [0, 0.05) is 19.8 Å². The highest BCUT2D eigenvalue weighted by molar-refractivity contribution is 9.10. The molecule has 4 heteroatoms. The molecule has 1 amide bonds. The average molecular weight is 324 g/mol. The van der Waals surface area contributed by atoms with Crippen molar-refractivity contribution in [3.63, 3.8) is 0 Å². The minimum absolute atomic E-state index is 0.0279. The Morgan fingerprint density at radius 3 is 2.72 bits per heavy atom. The molecule has 0 atom stereocenters. The van der Waals surface area contributed by atoms with Crippen LogP contribution in [-0.2, 0) is 6.54 Å². The van der Waals surface area contributed by atoms with Gasteiger partial charge in [0.1, 0.15) is 0 Å². The number of rotatable bonds is 3. The van der Waals surface area contributed by atoms with Gasteiger partial charge in [0.2, 0.25) is 0 Å². The molecule has 0 bridgehead atoms. The highest BCUT2D eigenvalue weighted by Gasteiger charge is 2.10. The predicted molar refractivity (Wildman–Crippen MR) is 79.1 cm³/mol. The van der Waals surface area contributed by atoms with E-state index >= 15 is 0 Å². The lowest BCUT2D eigenvalue weighted by atomic mass is 10.1. The largest absolute Gasteiger partial charge is 0.347 e. The van der Waals surface area contributed by atoms with Gasteiger partial charge >= 0.3 is 0 Å². The van der Waals surface area contributed by atoms with E-state index < -0.39 is 0 Å². The summed E-state index contributed by atoms with van der Waals surface area (Å²) >= 11 is 5.14. The van der Waals surface area contributed by atoms with E-state index in [1.165, 1.54) is 9.75 Å². The number of aryl methyl sites for hydroxylation is 1. The van der Waals surface area contributed by atoms with Gasteiger partial charge < -0.3 is 5.32 Å². The molecule has 0 aliphatic carbocycles. The van der Waals surface area contributed by atoms with E-state index in [1.54, 1.807) is 11.3 Å². The standard InChI is InChI=1S/C14H14BrNOS/c1-9-6-7-11(18-9)8-16-14(17)12-4-3-5-13(15)10(12)2/h3-7H,8H2,1-2H3,(H,16,17). The average Bonchev–Trinajstić information content (AvgIpc) is 2.76. The fourth-order valence-corrected chi connectivity index (χ4v) is 2.89. The van der Waals surface area contributed by atoms with E-state index in [9.17, 15) is 4.79 Å². The van der Waals surface area contributed by atoms with E-state index in [-0.39, 0.29) is 5.91 Å². The van der Waals surface area contributed by atoms with Crippen molar-refractivity contribution < 1.29 is 4.79 Å². The van der Waals surface area contributed by atoms with Crippen LogP contribution in [0.25, 0.3) is 0 Å². The number of halogens is 1. The van der Waals surface area contributed by atoms with Crippen molar-refractivity contribution in [3.8, 4) is 0 Å². The Balaban J connectivity index is 2.06. The molecule has 0 fully saturated rings. The molecular formula is C14H14BrNOS. The number of hydrogen-bond donors (Lipinski definition) is 1. The molecule has 2 aromatic rings. The molecule has 1 aromatic heterocycles. The topological polar surface area (TPSA) is 29.1 Å². The first-order chi connectivity index (χ1) is 8.58. The first-order valence-corrected chi connectivity index (χ1v) is 7.27. The third kappa shape index (κ3) is 3.00. The van der Waals surface area contributed by atoms with E-state index in [0.29, 0.717) is 6.54 Å². The van der Waals surface area contributed by atoms with Gasteiger partial charge in [-0.1, -0.05) is 22.0 Å². The third-order valence-electron chi connectivity index (χ3n) is 2.73. The van der Waals surface area contributed by atoms with Crippen LogP contribution in [-0.4, -0.2) is 5.91 Å². The van der Waals surface area contributed by atoms with Crippen LogP contribution in [0.15, 0.2) is 34.8 Å². The minimum Gasteiger partial charge on any atom is -0.347 e. The number of benzene rings is 1. The number of carbonyl (C=O) groups is 1. The summed E-state index contributed by atoms with van der Waals surface area (Å²) < 4.78 is 0.960. The van der Waals surface area contributed by atoms with Gasteiger partial charge in [0.05, 0.1) is 6.54 Å². The van der Waals surface area contributed by atoms with Crippen LogP contribution < -0.4 is 5.32 Å². The van der Waals surface area contributed by atoms with Crippen molar-refractivity contribution >= 4 is 33.2 Å². The highest BCUT2D eigenvalue weighted by Crippen LogP contribution is 2.20. The van der Waals surface area contributed by atoms with Crippen LogP contribution in [0.4, 0.5) is 0 Å². The van der Waals surface area contributed by atoms with Crippen molar-refractivity contribution in [2.24, 2.45) is 0 Å². The Morgan fingerprint density at radius 2 is 2.06 bits per heavy atom. The zero-order valence-corrected chi connectivity index (χ0v) is 12.7. The molecule has 0 unspecified atom stereocenters. The molecule has 1 aromatic carbocycles. The monoisotopic (exact) mass is 323 g/mol. The summed E-state index contributed by atoms with van der Waals surface area (Å²) in [5.74, 6) is -0.0279. The Hall–Kier alpha value is -1.13. The molecule has 2 nitrogen and oxygen atoms in total. The Bertz CT molecular complexity index is 577. The maximum Gasteiger partial charge on any atom is 0.251 e. The summed E-state index contributed by atoms with van der Waals surface area (Å²) in [6.07, 6.45) is 0. The van der Waals surface area contributed by atoms with Crippen molar-refractivity contribution in [2.75, 3.05) is 0 Å². The van der Waals surface area contributed by atoms with Crippen molar-refractivity contribution in [1.29, 1.82) is 0 Å². The number of nitrogens with one attached hydrogen (secondary N) is 1.